The first-order valence-corrected chi connectivity index (χ1v) is 8.06. The molecule has 6 nitrogen and oxygen atoms in total. The number of rotatable bonds is 5. The van der Waals surface area contributed by atoms with Gasteiger partial charge in [0.2, 0.25) is 0 Å². The van der Waals surface area contributed by atoms with Gasteiger partial charge in [0, 0.05) is 18.7 Å². The minimum Gasteiger partial charge on any atom is -0.393 e. The number of carbonyl (C=O) groups is 1. The van der Waals surface area contributed by atoms with Crippen LogP contribution in [0.5, 0.6) is 0 Å². The summed E-state index contributed by atoms with van der Waals surface area (Å²) in [5.41, 5.74) is 5.70. The first kappa shape index (κ1) is 16.7. The molecule has 2 atom stereocenters. The Morgan fingerprint density at radius 2 is 2.18 bits per heavy atom. The highest BCUT2D eigenvalue weighted by Crippen LogP contribution is 2.26. The number of nitrogens with zero attached hydrogens (tertiary/aromatic N) is 2. The lowest BCUT2D eigenvalue weighted by molar-refractivity contribution is 0.100. The molecule has 0 bridgehead atoms. The highest BCUT2D eigenvalue weighted by atomic mass is 16.3. The summed E-state index contributed by atoms with van der Waals surface area (Å²) in [5.74, 6) is 1.21. The van der Waals surface area contributed by atoms with Crippen molar-refractivity contribution in [2.24, 2.45) is 11.7 Å². The molecule has 0 spiro atoms. The number of anilines is 1. The molecule has 1 aliphatic rings. The van der Waals surface area contributed by atoms with Crippen LogP contribution >= 0.6 is 0 Å². The Morgan fingerprint density at radius 1 is 1.41 bits per heavy atom. The van der Waals surface area contributed by atoms with Crippen LogP contribution < -0.4 is 11.1 Å². The van der Waals surface area contributed by atoms with Gasteiger partial charge in [-0.2, -0.15) is 0 Å². The SMILES string of the molecule is CC(C)Nc1nc(C[C@H]2CCC[C@@H](O)CC2)ncc1C(N)=O. The fourth-order valence-corrected chi connectivity index (χ4v) is 2.90. The molecule has 6 heteroatoms. The number of hydrogen-bond acceptors (Lipinski definition) is 5. The lowest BCUT2D eigenvalue weighted by atomic mass is 9.96. The maximum atomic E-state index is 11.5. The summed E-state index contributed by atoms with van der Waals surface area (Å²) in [6, 6.07) is 0.161. The Hall–Kier alpha value is -1.69. The molecule has 1 aliphatic carbocycles. The lowest BCUT2D eigenvalue weighted by Crippen LogP contribution is -2.21. The molecule has 0 radical (unpaired) electrons. The molecule has 4 N–H and O–H groups in total. The highest BCUT2D eigenvalue weighted by molar-refractivity contribution is 5.97. The molecule has 1 aromatic rings. The predicted molar refractivity (Wildman–Crippen MR) is 85.6 cm³/mol. The molecular weight excluding hydrogens is 280 g/mol. The van der Waals surface area contributed by atoms with Gasteiger partial charge in [-0.05, 0) is 45.4 Å². The van der Waals surface area contributed by atoms with E-state index in [0.717, 1.165) is 44.3 Å². The van der Waals surface area contributed by atoms with Crippen molar-refractivity contribution >= 4 is 11.7 Å². The molecule has 1 heterocycles. The number of nitrogens with two attached hydrogens (primary N) is 1. The van der Waals surface area contributed by atoms with Crippen molar-refractivity contribution in [2.45, 2.75) is 64.5 Å². The second-order valence-corrected chi connectivity index (χ2v) is 6.44. The van der Waals surface area contributed by atoms with E-state index < -0.39 is 5.91 Å². The summed E-state index contributed by atoms with van der Waals surface area (Å²) < 4.78 is 0. The minimum absolute atomic E-state index is 0.161. The molecule has 1 saturated carbocycles. The van der Waals surface area contributed by atoms with E-state index >= 15 is 0 Å². The topological polar surface area (TPSA) is 101 Å². The second kappa shape index (κ2) is 7.54. The molecule has 1 aromatic heterocycles. The van der Waals surface area contributed by atoms with Crippen molar-refractivity contribution in [1.29, 1.82) is 0 Å². The average molecular weight is 306 g/mol. The minimum atomic E-state index is -0.521. The van der Waals surface area contributed by atoms with Gasteiger partial charge in [0.15, 0.2) is 0 Å². The summed E-state index contributed by atoms with van der Waals surface area (Å²) >= 11 is 0. The summed E-state index contributed by atoms with van der Waals surface area (Å²) in [7, 11) is 0. The quantitative estimate of drug-likeness (QED) is 0.721. The predicted octanol–water partition coefficient (Wildman–Crippen LogP) is 1.88. The number of aliphatic hydroxyl groups excluding tert-OH is 1. The van der Waals surface area contributed by atoms with E-state index in [1.54, 1.807) is 0 Å². The van der Waals surface area contributed by atoms with Crippen LogP contribution in [0.4, 0.5) is 5.82 Å². The van der Waals surface area contributed by atoms with Gasteiger partial charge in [0.1, 0.15) is 11.6 Å². The maximum Gasteiger partial charge on any atom is 0.254 e. The van der Waals surface area contributed by atoms with Crippen LogP contribution in [0.25, 0.3) is 0 Å². The summed E-state index contributed by atoms with van der Waals surface area (Å²) in [6.45, 7) is 3.97. The van der Waals surface area contributed by atoms with Crippen molar-refractivity contribution in [3.8, 4) is 0 Å². The number of primary amides is 1. The van der Waals surface area contributed by atoms with Gasteiger partial charge in [-0.1, -0.05) is 6.42 Å². The molecule has 0 saturated heterocycles. The molecule has 2 rings (SSSR count). The van der Waals surface area contributed by atoms with E-state index in [2.05, 4.69) is 15.3 Å². The summed E-state index contributed by atoms with van der Waals surface area (Å²) in [4.78, 5) is 20.3. The van der Waals surface area contributed by atoms with Crippen molar-refractivity contribution in [2.75, 3.05) is 5.32 Å². The largest absolute Gasteiger partial charge is 0.393 e. The third-order valence-electron chi connectivity index (χ3n) is 4.06. The molecule has 1 fully saturated rings. The van der Waals surface area contributed by atoms with E-state index in [1.165, 1.54) is 6.20 Å². The van der Waals surface area contributed by atoms with E-state index in [4.69, 9.17) is 5.73 Å². The molecule has 0 unspecified atom stereocenters. The molecule has 1 amide bonds. The van der Waals surface area contributed by atoms with Crippen LogP contribution in [-0.2, 0) is 6.42 Å². The molecule has 22 heavy (non-hydrogen) atoms. The number of aromatic nitrogens is 2. The first-order valence-electron chi connectivity index (χ1n) is 8.06. The molecule has 0 aliphatic heterocycles. The third-order valence-corrected chi connectivity index (χ3v) is 4.06. The standard InChI is InChI=1S/C16H26N4O2/c1-10(2)19-16-13(15(17)22)9-18-14(20-16)8-11-4-3-5-12(21)7-6-11/h9-12,21H,3-8H2,1-2H3,(H2,17,22)(H,18,19,20)/t11-,12+/m0/s1. The van der Waals surface area contributed by atoms with E-state index in [0.29, 0.717) is 17.3 Å². The number of hydrogen-bond donors (Lipinski definition) is 3. The van der Waals surface area contributed by atoms with Gasteiger partial charge in [-0.25, -0.2) is 9.97 Å². The fraction of sp³-hybridized carbons (Fsp3) is 0.688. The van der Waals surface area contributed by atoms with Gasteiger partial charge in [-0.3, -0.25) is 4.79 Å². The van der Waals surface area contributed by atoms with Crippen molar-refractivity contribution in [3.05, 3.63) is 17.6 Å². The van der Waals surface area contributed by atoms with Gasteiger partial charge in [0.25, 0.3) is 5.91 Å². The van der Waals surface area contributed by atoms with E-state index in [1.807, 2.05) is 13.8 Å². The maximum absolute atomic E-state index is 11.5. The summed E-state index contributed by atoms with van der Waals surface area (Å²) in [6.07, 6.45) is 6.99. The Bertz CT molecular complexity index is 519. The zero-order chi connectivity index (χ0) is 16.1. The number of aliphatic hydroxyl groups is 1. The fourth-order valence-electron chi connectivity index (χ4n) is 2.90. The zero-order valence-electron chi connectivity index (χ0n) is 13.4. The monoisotopic (exact) mass is 306 g/mol. The Labute approximate surface area is 131 Å². The van der Waals surface area contributed by atoms with Gasteiger partial charge in [0.05, 0.1) is 11.7 Å². The van der Waals surface area contributed by atoms with Crippen LogP contribution in [-0.4, -0.2) is 33.1 Å². The van der Waals surface area contributed by atoms with Crippen LogP contribution in [0.1, 0.15) is 62.1 Å². The normalized spacial score (nSPS) is 22.4. The molecule has 122 valence electrons. The van der Waals surface area contributed by atoms with Gasteiger partial charge in [-0.15, -0.1) is 0 Å². The molecular formula is C16H26N4O2. The van der Waals surface area contributed by atoms with Crippen LogP contribution in [0.2, 0.25) is 0 Å². The Kier molecular flexibility index (Phi) is 5.71. The van der Waals surface area contributed by atoms with Crippen LogP contribution in [0.3, 0.4) is 0 Å². The first-order chi connectivity index (χ1) is 10.5. The smallest absolute Gasteiger partial charge is 0.254 e. The average Bonchev–Trinajstić information content (AvgIpc) is 2.63. The number of amides is 1. The lowest BCUT2D eigenvalue weighted by Gasteiger charge is -2.16. The van der Waals surface area contributed by atoms with Crippen molar-refractivity contribution in [1.82, 2.24) is 9.97 Å². The number of nitrogens with one attached hydrogen (secondary N) is 1. The molecule has 0 aromatic carbocycles. The summed E-state index contributed by atoms with van der Waals surface area (Å²) in [5, 5.41) is 12.9. The van der Waals surface area contributed by atoms with Gasteiger partial charge < -0.3 is 16.2 Å². The number of carbonyl (C=O) groups excluding carboxylic acids is 1. The van der Waals surface area contributed by atoms with Crippen LogP contribution in [0.15, 0.2) is 6.20 Å². The van der Waals surface area contributed by atoms with Crippen LogP contribution in [0, 0.1) is 5.92 Å². The van der Waals surface area contributed by atoms with Crippen molar-refractivity contribution < 1.29 is 9.90 Å². The second-order valence-electron chi connectivity index (χ2n) is 6.44. The van der Waals surface area contributed by atoms with Crippen molar-refractivity contribution in [3.63, 3.8) is 0 Å². The van der Waals surface area contributed by atoms with E-state index in [-0.39, 0.29) is 12.1 Å². The van der Waals surface area contributed by atoms with Gasteiger partial charge >= 0.3 is 0 Å². The van der Waals surface area contributed by atoms with E-state index in [9.17, 15) is 9.90 Å². The Morgan fingerprint density at radius 3 is 2.86 bits per heavy atom. The third kappa shape index (κ3) is 4.66. The highest BCUT2D eigenvalue weighted by Gasteiger charge is 2.20. The Balaban J connectivity index is 2.12. The zero-order valence-corrected chi connectivity index (χ0v) is 13.4.